The Hall–Kier alpha value is -3.16. The lowest BCUT2D eigenvalue weighted by atomic mass is 10.0. The van der Waals surface area contributed by atoms with Crippen molar-refractivity contribution in [2.75, 3.05) is 13.1 Å². The van der Waals surface area contributed by atoms with Gasteiger partial charge in [0.25, 0.3) is 11.7 Å². The third-order valence-corrected chi connectivity index (χ3v) is 6.35. The lowest BCUT2D eigenvalue weighted by Crippen LogP contribution is -2.57. The first kappa shape index (κ1) is 22.0. The number of carboxylic acid groups (broad SMARTS) is 1. The van der Waals surface area contributed by atoms with Gasteiger partial charge in [0.15, 0.2) is 0 Å². The molecule has 1 fully saturated rings. The molecule has 1 aromatic heterocycles. The van der Waals surface area contributed by atoms with Gasteiger partial charge in [-0.3, -0.25) is 14.5 Å². The van der Waals surface area contributed by atoms with Crippen LogP contribution in [-0.2, 0) is 11.3 Å². The number of H-pyrrole nitrogens is 1. The number of Topliss-reactive ketones (excluding diaryl/α,β-unsaturated/α-hetero) is 1. The van der Waals surface area contributed by atoms with E-state index in [0.717, 1.165) is 6.54 Å². The van der Waals surface area contributed by atoms with E-state index in [1.54, 1.807) is 11.0 Å². The molecule has 3 aromatic rings. The highest BCUT2D eigenvalue weighted by atomic mass is 35.5. The standard InChI is InChI=1S/C24H24ClN3O4/c1-14-12-28(15(2)11-27(14)13-16-6-4-3-5-7-16)23(30)19-9-18-17(8-20(19)25)10-26-21(18)22(29)24(31)32/h3-10,14-15,26H,11-13H2,1-2H3,(H,31,32)/t14-,15+/m0/s1. The lowest BCUT2D eigenvalue weighted by Gasteiger charge is -2.44. The molecule has 166 valence electrons. The smallest absolute Gasteiger partial charge is 0.378 e. The Morgan fingerprint density at radius 3 is 2.50 bits per heavy atom. The zero-order chi connectivity index (χ0) is 23.0. The van der Waals surface area contributed by atoms with Crippen LogP contribution in [0.15, 0.2) is 48.7 Å². The van der Waals surface area contributed by atoms with Crippen LogP contribution in [0.3, 0.4) is 0 Å². The van der Waals surface area contributed by atoms with Gasteiger partial charge in [0, 0.05) is 48.7 Å². The zero-order valence-corrected chi connectivity index (χ0v) is 18.6. The van der Waals surface area contributed by atoms with Gasteiger partial charge in [0.2, 0.25) is 0 Å². The van der Waals surface area contributed by atoms with Gasteiger partial charge in [0.1, 0.15) is 5.69 Å². The molecule has 7 nitrogen and oxygen atoms in total. The third-order valence-electron chi connectivity index (χ3n) is 6.04. The molecule has 2 aromatic carbocycles. The number of benzene rings is 2. The van der Waals surface area contributed by atoms with Crippen molar-refractivity contribution in [3.8, 4) is 0 Å². The number of carbonyl (C=O) groups is 3. The number of amides is 1. The number of carbonyl (C=O) groups excluding carboxylic acids is 2. The van der Waals surface area contributed by atoms with Crippen molar-refractivity contribution >= 4 is 40.0 Å². The molecule has 1 amide bonds. The molecule has 0 aliphatic carbocycles. The van der Waals surface area contributed by atoms with Crippen LogP contribution >= 0.6 is 11.6 Å². The third kappa shape index (κ3) is 4.13. The number of aromatic amines is 1. The number of piperazine rings is 1. The van der Waals surface area contributed by atoms with Crippen LogP contribution in [-0.4, -0.2) is 62.7 Å². The highest BCUT2D eigenvalue weighted by Gasteiger charge is 2.33. The highest BCUT2D eigenvalue weighted by Crippen LogP contribution is 2.29. The van der Waals surface area contributed by atoms with Crippen LogP contribution in [0.5, 0.6) is 0 Å². The number of aromatic nitrogens is 1. The Kier molecular flexibility index (Phi) is 6.04. The van der Waals surface area contributed by atoms with Crippen LogP contribution in [0, 0.1) is 0 Å². The van der Waals surface area contributed by atoms with Crippen LogP contribution in [0.2, 0.25) is 5.02 Å². The van der Waals surface area contributed by atoms with E-state index in [1.807, 2.05) is 25.1 Å². The molecular weight excluding hydrogens is 430 g/mol. The van der Waals surface area contributed by atoms with Crippen molar-refractivity contribution in [2.45, 2.75) is 32.5 Å². The number of hydrogen-bond donors (Lipinski definition) is 2. The summed E-state index contributed by atoms with van der Waals surface area (Å²) in [6.07, 6.45) is 1.51. The maximum atomic E-state index is 13.4. The van der Waals surface area contributed by atoms with Gasteiger partial charge in [-0.05, 0) is 31.5 Å². The average Bonchev–Trinajstić information content (AvgIpc) is 3.17. The molecule has 1 saturated heterocycles. The normalized spacial score (nSPS) is 19.3. The summed E-state index contributed by atoms with van der Waals surface area (Å²) >= 11 is 6.42. The first-order chi connectivity index (χ1) is 15.3. The van der Waals surface area contributed by atoms with Crippen molar-refractivity contribution in [1.82, 2.24) is 14.8 Å². The van der Waals surface area contributed by atoms with Crippen molar-refractivity contribution in [1.29, 1.82) is 0 Å². The summed E-state index contributed by atoms with van der Waals surface area (Å²) in [5.74, 6) is -2.85. The minimum atomic E-state index is -1.56. The second kappa shape index (κ2) is 8.76. The van der Waals surface area contributed by atoms with Gasteiger partial charge in [-0.25, -0.2) is 4.79 Å². The Morgan fingerprint density at radius 1 is 1.09 bits per heavy atom. The predicted molar refractivity (Wildman–Crippen MR) is 122 cm³/mol. The molecule has 1 aliphatic rings. The largest absolute Gasteiger partial charge is 0.475 e. The fourth-order valence-electron chi connectivity index (χ4n) is 4.28. The van der Waals surface area contributed by atoms with Crippen molar-refractivity contribution in [3.05, 3.63) is 70.5 Å². The number of halogens is 1. The second-order valence-corrected chi connectivity index (χ2v) is 8.70. The number of nitrogens with one attached hydrogen (secondary N) is 1. The molecule has 0 saturated carbocycles. The molecule has 2 N–H and O–H groups in total. The fourth-order valence-corrected chi connectivity index (χ4v) is 4.54. The number of fused-ring (bicyclic) bond motifs is 1. The number of carboxylic acids is 1. The molecule has 0 unspecified atom stereocenters. The molecule has 2 heterocycles. The van der Waals surface area contributed by atoms with Crippen LogP contribution in [0.25, 0.3) is 10.8 Å². The number of rotatable bonds is 5. The quantitative estimate of drug-likeness (QED) is 0.452. The minimum absolute atomic E-state index is 0.0412. The SMILES string of the molecule is C[C@@H]1CN(Cc2ccccc2)[C@@H](C)CN1C(=O)c1cc2c(C(=O)C(=O)O)[nH]cc2cc1Cl. The molecule has 32 heavy (non-hydrogen) atoms. The van der Waals surface area contributed by atoms with Gasteiger partial charge in [0.05, 0.1) is 10.6 Å². The number of aliphatic carboxylic acids is 1. The predicted octanol–water partition coefficient (Wildman–Crippen LogP) is 3.82. The molecule has 1 aliphatic heterocycles. The molecule has 0 spiro atoms. The Bertz CT molecular complexity index is 1190. The van der Waals surface area contributed by atoms with Gasteiger partial charge in [-0.1, -0.05) is 41.9 Å². The van der Waals surface area contributed by atoms with Crippen molar-refractivity contribution in [3.63, 3.8) is 0 Å². The van der Waals surface area contributed by atoms with Crippen LogP contribution in [0.1, 0.15) is 40.3 Å². The van der Waals surface area contributed by atoms with E-state index >= 15 is 0 Å². The first-order valence-corrected chi connectivity index (χ1v) is 10.8. The van der Waals surface area contributed by atoms with Gasteiger partial charge >= 0.3 is 5.97 Å². The monoisotopic (exact) mass is 453 g/mol. The number of ketones is 1. The summed E-state index contributed by atoms with van der Waals surface area (Å²) in [6.45, 7) is 6.16. The maximum absolute atomic E-state index is 13.4. The maximum Gasteiger partial charge on any atom is 0.378 e. The Labute approximate surface area is 190 Å². The van der Waals surface area contributed by atoms with E-state index in [9.17, 15) is 14.4 Å². The van der Waals surface area contributed by atoms with Crippen molar-refractivity contribution < 1.29 is 19.5 Å². The van der Waals surface area contributed by atoms with E-state index in [2.05, 4.69) is 28.9 Å². The summed E-state index contributed by atoms with van der Waals surface area (Å²) in [4.78, 5) is 43.4. The van der Waals surface area contributed by atoms with Gasteiger partial charge < -0.3 is 15.0 Å². The lowest BCUT2D eigenvalue weighted by molar-refractivity contribution is -0.131. The molecule has 0 bridgehead atoms. The van der Waals surface area contributed by atoms with E-state index in [1.165, 1.54) is 17.8 Å². The Morgan fingerprint density at radius 2 is 1.81 bits per heavy atom. The minimum Gasteiger partial charge on any atom is -0.475 e. The fraction of sp³-hybridized carbons (Fsp3) is 0.292. The zero-order valence-electron chi connectivity index (χ0n) is 17.8. The van der Waals surface area contributed by atoms with E-state index in [4.69, 9.17) is 16.7 Å². The summed E-state index contributed by atoms with van der Waals surface area (Å²) in [5.41, 5.74) is 1.42. The molecule has 4 rings (SSSR count). The molecular formula is C24H24ClN3O4. The first-order valence-electron chi connectivity index (χ1n) is 10.4. The van der Waals surface area contributed by atoms with Crippen LogP contribution in [0.4, 0.5) is 0 Å². The summed E-state index contributed by atoms with van der Waals surface area (Å²) in [7, 11) is 0. The average molecular weight is 454 g/mol. The van der Waals surface area contributed by atoms with E-state index in [-0.39, 0.29) is 34.3 Å². The van der Waals surface area contributed by atoms with Gasteiger partial charge in [-0.2, -0.15) is 0 Å². The molecule has 8 heteroatoms. The van der Waals surface area contributed by atoms with Crippen LogP contribution < -0.4 is 0 Å². The number of nitrogens with zero attached hydrogens (tertiary/aromatic N) is 2. The highest BCUT2D eigenvalue weighted by molar-refractivity contribution is 6.42. The molecule has 2 atom stereocenters. The number of hydrogen-bond acceptors (Lipinski definition) is 4. The van der Waals surface area contributed by atoms with E-state index in [0.29, 0.717) is 23.9 Å². The summed E-state index contributed by atoms with van der Waals surface area (Å²) < 4.78 is 0. The second-order valence-electron chi connectivity index (χ2n) is 8.29. The Balaban J connectivity index is 1.59. The molecule has 0 radical (unpaired) electrons. The summed E-state index contributed by atoms with van der Waals surface area (Å²) in [5, 5.41) is 10.3. The van der Waals surface area contributed by atoms with Gasteiger partial charge in [-0.15, -0.1) is 0 Å². The topological polar surface area (TPSA) is 93.7 Å². The van der Waals surface area contributed by atoms with Crippen molar-refractivity contribution in [2.24, 2.45) is 0 Å². The summed E-state index contributed by atoms with van der Waals surface area (Å²) in [6, 6.07) is 13.4. The van der Waals surface area contributed by atoms with E-state index < -0.39 is 11.8 Å².